The van der Waals surface area contributed by atoms with E-state index in [2.05, 4.69) is 5.32 Å². The molecule has 24 heavy (non-hydrogen) atoms. The molecule has 2 aliphatic heterocycles. The van der Waals surface area contributed by atoms with Gasteiger partial charge >= 0.3 is 0 Å². The molecule has 2 atom stereocenters. The highest BCUT2D eigenvalue weighted by Gasteiger charge is 2.33. The fourth-order valence-electron chi connectivity index (χ4n) is 3.12. The molecule has 1 aromatic carbocycles. The second-order valence-corrected chi connectivity index (χ2v) is 6.26. The summed E-state index contributed by atoms with van der Waals surface area (Å²) in [5.74, 6) is -1.91. The molecule has 0 spiro atoms. The maximum atomic E-state index is 13.8. The van der Waals surface area contributed by atoms with Crippen molar-refractivity contribution in [3.05, 3.63) is 35.4 Å². The average molecular weight is 338 g/mol. The lowest BCUT2D eigenvalue weighted by Crippen LogP contribution is -2.53. The van der Waals surface area contributed by atoms with E-state index in [0.717, 1.165) is 12.5 Å². The number of nitrogens with zero attached hydrogens (tertiary/aromatic N) is 1. The Morgan fingerprint density at radius 2 is 2.17 bits per heavy atom. The summed E-state index contributed by atoms with van der Waals surface area (Å²) in [6.45, 7) is 1.52. The Morgan fingerprint density at radius 3 is 2.88 bits per heavy atom. The molecular weight excluding hydrogens is 318 g/mol. The summed E-state index contributed by atoms with van der Waals surface area (Å²) in [6.07, 6.45) is 1.96. The number of halogens is 2. The van der Waals surface area contributed by atoms with Gasteiger partial charge in [0.05, 0.1) is 12.5 Å². The summed E-state index contributed by atoms with van der Waals surface area (Å²) in [5.41, 5.74) is 0.265. The maximum Gasteiger partial charge on any atom is 0.245 e. The van der Waals surface area contributed by atoms with E-state index in [1.165, 1.54) is 17.0 Å². The number of nitrogens with one attached hydrogen (secondary N) is 1. The van der Waals surface area contributed by atoms with Gasteiger partial charge < -0.3 is 15.0 Å². The Bertz CT molecular complexity index is 632. The van der Waals surface area contributed by atoms with E-state index in [-0.39, 0.29) is 29.8 Å². The van der Waals surface area contributed by atoms with Crippen molar-refractivity contribution in [3.8, 4) is 0 Å². The highest BCUT2D eigenvalue weighted by molar-refractivity contribution is 5.89. The second-order valence-electron chi connectivity index (χ2n) is 6.26. The van der Waals surface area contributed by atoms with E-state index in [1.54, 1.807) is 0 Å². The van der Waals surface area contributed by atoms with Crippen LogP contribution >= 0.6 is 0 Å². The Balaban J connectivity index is 1.62. The van der Waals surface area contributed by atoms with Gasteiger partial charge in [-0.15, -0.1) is 0 Å². The Hall–Kier alpha value is -2.02. The van der Waals surface area contributed by atoms with Gasteiger partial charge in [0, 0.05) is 31.3 Å². The molecule has 3 rings (SSSR count). The lowest BCUT2D eigenvalue weighted by molar-refractivity contribution is -0.140. The van der Waals surface area contributed by atoms with Crippen molar-refractivity contribution >= 4 is 11.8 Å². The predicted molar refractivity (Wildman–Crippen MR) is 81.9 cm³/mol. The first-order valence-electron chi connectivity index (χ1n) is 8.15. The van der Waals surface area contributed by atoms with Gasteiger partial charge in [0.25, 0.3) is 0 Å². The standard InChI is InChI=1S/C17H20F2N2O3/c18-13-4-3-11(14(19)8-13)9-21-6-1-2-15(17(21)23)20-16(22)12-5-7-24-10-12/h3-4,8,12,15H,1-2,5-7,9-10H2,(H,20,22)/t12-,15+/m0/s1. The van der Waals surface area contributed by atoms with Crippen molar-refractivity contribution in [2.24, 2.45) is 5.92 Å². The summed E-state index contributed by atoms with van der Waals surface area (Å²) in [6, 6.07) is 2.74. The molecule has 2 fully saturated rings. The summed E-state index contributed by atoms with van der Waals surface area (Å²) < 4.78 is 31.9. The number of carbonyl (C=O) groups excluding carboxylic acids is 2. The number of rotatable bonds is 4. The highest BCUT2D eigenvalue weighted by Crippen LogP contribution is 2.19. The molecule has 2 heterocycles. The van der Waals surface area contributed by atoms with Crippen LogP contribution in [0.25, 0.3) is 0 Å². The summed E-state index contributed by atoms with van der Waals surface area (Å²) >= 11 is 0. The Morgan fingerprint density at radius 1 is 1.33 bits per heavy atom. The van der Waals surface area contributed by atoms with Crippen LogP contribution < -0.4 is 5.32 Å². The largest absolute Gasteiger partial charge is 0.381 e. The third kappa shape index (κ3) is 3.72. The lowest BCUT2D eigenvalue weighted by atomic mass is 10.0. The van der Waals surface area contributed by atoms with Crippen molar-refractivity contribution in [2.75, 3.05) is 19.8 Å². The Labute approximate surface area is 139 Å². The van der Waals surface area contributed by atoms with Gasteiger partial charge in [-0.2, -0.15) is 0 Å². The molecule has 2 saturated heterocycles. The van der Waals surface area contributed by atoms with Crippen molar-refractivity contribution in [3.63, 3.8) is 0 Å². The Kier molecular flexibility index (Phi) is 5.08. The predicted octanol–water partition coefficient (Wildman–Crippen LogP) is 1.61. The SMILES string of the molecule is O=C(N[C@@H]1CCCN(Cc2ccc(F)cc2F)C1=O)[C@H]1CCOC1. The van der Waals surface area contributed by atoms with Crippen LogP contribution in [0, 0.1) is 17.6 Å². The number of likely N-dealkylation sites (tertiary alicyclic amines) is 1. The monoisotopic (exact) mass is 338 g/mol. The molecule has 5 nitrogen and oxygen atoms in total. The minimum Gasteiger partial charge on any atom is -0.381 e. The zero-order chi connectivity index (χ0) is 17.1. The molecule has 0 unspecified atom stereocenters. The second kappa shape index (κ2) is 7.25. The molecule has 130 valence electrons. The fraction of sp³-hybridized carbons (Fsp3) is 0.529. The molecule has 0 aliphatic carbocycles. The number of ether oxygens (including phenoxy) is 1. The van der Waals surface area contributed by atoms with Gasteiger partial charge in [-0.1, -0.05) is 6.07 Å². The van der Waals surface area contributed by atoms with Crippen molar-refractivity contribution < 1.29 is 23.1 Å². The molecule has 7 heteroatoms. The van der Waals surface area contributed by atoms with E-state index in [1.807, 2.05) is 0 Å². The molecule has 1 aromatic rings. The highest BCUT2D eigenvalue weighted by atomic mass is 19.1. The van der Waals surface area contributed by atoms with E-state index in [4.69, 9.17) is 4.74 Å². The molecule has 0 aromatic heterocycles. The summed E-state index contributed by atoms with van der Waals surface area (Å²) in [5, 5.41) is 2.79. The topological polar surface area (TPSA) is 58.6 Å². The van der Waals surface area contributed by atoms with Crippen LogP contribution in [-0.2, 0) is 20.9 Å². The van der Waals surface area contributed by atoms with Crippen molar-refractivity contribution in [2.45, 2.75) is 31.8 Å². The average Bonchev–Trinajstić information content (AvgIpc) is 3.08. The normalized spacial score (nSPS) is 24.2. The van der Waals surface area contributed by atoms with Crippen LogP contribution in [0.15, 0.2) is 18.2 Å². The molecular formula is C17H20F2N2O3. The third-order valence-electron chi connectivity index (χ3n) is 4.52. The zero-order valence-corrected chi connectivity index (χ0v) is 13.3. The quantitative estimate of drug-likeness (QED) is 0.907. The summed E-state index contributed by atoms with van der Waals surface area (Å²) in [4.78, 5) is 26.2. The smallest absolute Gasteiger partial charge is 0.245 e. The minimum atomic E-state index is -0.669. The molecule has 0 radical (unpaired) electrons. The van der Waals surface area contributed by atoms with Crippen LogP contribution in [0.2, 0.25) is 0 Å². The van der Waals surface area contributed by atoms with E-state index >= 15 is 0 Å². The van der Waals surface area contributed by atoms with Crippen LogP contribution in [0.1, 0.15) is 24.8 Å². The summed E-state index contributed by atoms with van der Waals surface area (Å²) in [7, 11) is 0. The minimum absolute atomic E-state index is 0.0733. The van der Waals surface area contributed by atoms with Gasteiger partial charge in [0.2, 0.25) is 11.8 Å². The number of carbonyl (C=O) groups is 2. The van der Waals surface area contributed by atoms with E-state index in [0.29, 0.717) is 32.6 Å². The number of hydrogen-bond acceptors (Lipinski definition) is 3. The van der Waals surface area contributed by atoms with E-state index < -0.39 is 17.7 Å². The van der Waals surface area contributed by atoms with Crippen LogP contribution in [-0.4, -0.2) is 42.5 Å². The third-order valence-corrected chi connectivity index (χ3v) is 4.52. The fourth-order valence-corrected chi connectivity index (χ4v) is 3.12. The molecule has 2 amide bonds. The van der Waals surface area contributed by atoms with Crippen LogP contribution in [0.3, 0.4) is 0 Å². The molecule has 2 aliphatic rings. The zero-order valence-electron chi connectivity index (χ0n) is 13.3. The van der Waals surface area contributed by atoms with Crippen molar-refractivity contribution in [1.29, 1.82) is 0 Å². The first-order chi connectivity index (χ1) is 11.5. The van der Waals surface area contributed by atoms with E-state index in [9.17, 15) is 18.4 Å². The van der Waals surface area contributed by atoms with Crippen LogP contribution in [0.4, 0.5) is 8.78 Å². The molecule has 0 saturated carbocycles. The molecule has 1 N–H and O–H groups in total. The van der Waals surface area contributed by atoms with Gasteiger partial charge in [-0.25, -0.2) is 8.78 Å². The van der Waals surface area contributed by atoms with Crippen molar-refractivity contribution in [1.82, 2.24) is 10.2 Å². The van der Waals surface area contributed by atoms with Gasteiger partial charge in [0.1, 0.15) is 17.7 Å². The van der Waals surface area contributed by atoms with Crippen LogP contribution in [0.5, 0.6) is 0 Å². The number of benzene rings is 1. The first kappa shape index (κ1) is 16.8. The van der Waals surface area contributed by atoms with Gasteiger partial charge in [0.15, 0.2) is 0 Å². The number of hydrogen-bond donors (Lipinski definition) is 1. The number of piperidine rings is 1. The lowest BCUT2D eigenvalue weighted by Gasteiger charge is -2.33. The molecule has 0 bridgehead atoms. The van der Waals surface area contributed by atoms with Gasteiger partial charge in [-0.05, 0) is 25.3 Å². The van der Waals surface area contributed by atoms with Gasteiger partial charge in [-0.3, -0.25) is 9.59 Å². The maximum absolute atomic E-state index is 13.8. The number of amides is 2. The first-order valence-corrected chi connectivity index (χ1v) is 8.15.